The van der Waals surface area contributed by atoms with Crippen molar-refractivity contribution in [3.05, 3.63) is 70.9 Å². The highest BCUT2D eigenvalue weighted by Crippen LogP contribution is 2.36. The lowest BCUT2D eigenvalue weighted by molar-refractivity contribution is 0.102. The summed E-state index contributed by atoms with van der Waals surface area (Å²) in [5.74, 6) is -0.0864. The second-order valence-corrected chi connectivity index (χ2v) is 10.7. The molecule has 2 aromatic heterocycles. The number of nitrogens with one attached hydrogen (secondary N) is 2. The van der Waals surface area contributed by atoms with E-state index in [1.54, 1.807) is 49.0 Å². The van der Waals surface area contributed by atoms with Crippen molar-refractivity contribution in [2.24, 2.45) is 0 Å². The first-order valence-corrected chi connectivity index (χ1v) is 13.2. The summed E-state index contributed by atoms with van der Waals surface area (Å²) in [6.07, 6.45) is 2.94. The number of hydrogen-bond acceptors (Lipinski definition) is 10. The Hall–Kier alpha value is -4.34. The number of aromatic nitrogens is 3. The molecule has 10 nitrogen and oxygen atoms in total. The van der Waals surface area contributed by atoms with Crippen molar-refractivity contribution >= 4 is 32.7 Å². The first-order chi connectivity index (χ1) is 17.2. The molecule has 12 heteroatoms. The molecule has 0 fully saturated rings. The van der Waals surface area contributed by atoms with E-state index < -0.39 is 15.6 Å². The minimum Gasteiger partial charge on any atom is -0.493 e. The van der Waals surface area contributed by atoms with Crippen LogP contribution in [-0.2, 0) is 9.73 Å². The summed E-state index contributed by atoms with van der Waals surface area (Å²) in [6, 6.07) is 12.9. The normalized spacial score (nSPS) is 12.3. The van der Waals surface area contributed by atoms with Crippen LogP contribution in [0.3, 0.4) is 0 Å². The zero-order chi connectivity index (χ0) is 25.9. The van der Waals surface area contributed by atoms with Gasteiger partial charge in [0.2, 0.25) is 0 Å². The summed E-state index contributed by atoms with van der Waals surface area (Å²) in [5.41, 5.74) is 3.48. The van der Waals surface area contributed by atoms with Crippen LogP contribution in [0.4, 0.5) is 5.69 Å². The number of rotatable bonds is 7. The van der Waals surface area contributed by atoms with Gasteiger partial charge in [-0.05, 0) is 42.8 Å². The molecule has 0 aliphatic rings. The number of benzene rings is 2. The fraction of sp³-hybridized carbons (Fsp3) is 0.125. The fourth-order valence-corrected chi connectivity index (χ4v) is 4.69. The van der Waals surface area contributed by atoms with E-state index in [0.29, 0.717) is 22.5 Å². The topological polar surface area (TPSA) is 151 Å². The van der Waals surface area contributed by atoms with E-state index in [1.165, 1.54) is 36.8 Å². The summed E-state index contributed by atoms with van der Waals surface area (Å²) in [5, 5.41) is 20.4. The van der Waals surface area contributed by atoms with Gasteiger partial charge in [0, 0.05) is 29.1 Å². The van der Waals surface area contributed by atoms with Crippen LogP contribution in [0.2, 0.25) is 0 Å². The van der Waals surface area contributed by atoms with E-state index in [1.807, 2.05) is 6.07 Å². The summed E-state index contributed by atoms with van der Waals surface area (Å²) < 4.78 is 31.3. The highest BCUT2D eigenvalue weighted by Gasteiger charge is 2.24. The number of carbonyl (C=O) groups excluding carboxylic acids is 1. The van der Waals surface area contributed by atoms with Gasteiger partial charge in [0.15, 0.2) is 11.5 Å². The molecule has 182 valence electrons. The van der Waals surface area contributed by atoms with Gasteiger partial charge in [-0.25, -0.2) is 8.99 Å². The van der Waals surface area contributed by atoms with Gasteiger partial charge in [-0.3, -0.25) is 9.78 Å². The molecule has 0 aliphatic heterocycles. The van der Waals surface area contributed by atoms with E-state index in [4.69, 9.17) is 19.5 Å². The van der Waals surface area contributed by atoms with Crippen LogP contribution in [0.25, 0.3) is 10.6 Å². The number of ether oxygens (including phenoxy) is 2. The average Bonchev–Trinajstić information content (AvgIpc) is 3.38. The molecule has 0 aliphatic carbocycles. The molecule has 2 N–H and O–H groups in total. The van der Waals surface area contributed by atoms with E-state index in [0.717, 1.165) is 4.88 Å². The molecule has 2 aromatic carbocycles. The molecule has 36 heavy (non-hydrogen) atoms. The second-order valence-electron chi connectivity index (χ2n) is 7.62. The number of amides is 1. The number of anilines is 1. The van der Waals surface area contributed by atoms with E-state index in [2.05, 4.69) is 20.5 Å². The number of methoxy groups -OCH3 is 1. The van der Waals surface area contributed by atoms with Crippen LogP contribution in [-0.4, -0.2) is 38.7 Å². The largest absolute Gasteiger partial charge is 0.493 e. The van der Waals surface area contributed by atoms with Gasteiger partial charge in [-0.1, -0.05) is 6.07 Å². The third kappa shape index (κ3) is 5.17. The van der Waals surface area contributed by atoms with Crippen molar-refractivity contribution in [1.29, 1.82) is 10.0 Å². The average molecular weight is 521 g/mol. The third-order valence-electron chi connectivity index (χ3n) is 5.12. The Morgan fingerprint density at radius 2 is 2.00 bits per heavy atom. The van der Waals surface area contributed by atoms with E-state index in [-0.39, 0.29) is 27.8 Å². The highest BCUT2D eigenvalue weighted by molar-refractivity contribution is 7.91. The quantitative estimate of drug-likeness (QED) is 0.350. The predicted molar refractivity (Wildman–Crippen MR) is 135 cm³/mol. The van der Waals surface area contributed by atoms with Crippen molar-refractivity contribution in [2.45, 2.75) is 11.8 Å². The number of thiazole rings is 1. The van der Waals surface area contributed by atoms with Gasteiger partial charge in [-0.15, -0.1) is 21.5 Å². The summed E-state index contributed by atoms with van der Waals surface area (Å²) in [6.45, 7) is 1.72. The number of hydrogen-bond donors (Lipinski definition) is 2. The minimum atomic E-state index is -2.97. The van der Waals surface area contributed by atoms with E-state index in [9.17, 15) is 9.00 Å². The van der Waals surface area contributed by atoms with Gasteiger partial charge >= 0.3 is 0 Å². The lowest BCUT2D eigenvalue weighted by atomic mass is 10.1. The Morgan fingerprint density at radius 1 is 1.19 bits per heavy atom. The first kappa shape index (κ1) is 24.8. The Morgan fingerprint density at radius 3 is 2.67 bits per heavy atom. The Labute approximate surface area is 211 Å². The lowest BCUT2D eigenvalue weighted by Gasteiger charge is -2.16. The van der Waals surface area contributed by atoms with Crippen molar-refractivity contribution in [2.75, 3.05) is 18.7 Å². The number of carbonyl (C=O) groups is 1. The monoisotopic (exact) mass is 520 g/mol. The Balaban J connectivity index is 1.79. The third-order valence-corrected chi connectivity index (χ3v) is 7.05. The fourth-order valence-electron chi connectivity index (χ4n) is 3.34. The van der Waals surface area contributed by atoms with Crippen molar-refractivity contribution in [3.8, 4) is 34.0 Å². The highest BCUT2D eigenvalue weighted by atomic mass is 32.2. The van der Waals surface area contributed by atoms with Crippen LogP contribution in [0.15, 0.2) is 59.1 Å². The molecule has 0 saturated carbocycles. The van der Waals surface area contributed by atoms with Crippen LogP contribution in [0.1, 0.15) is 21.5 Å². The Kier molecular flexibility index (Phi) is 6.96. The van der Waals surface area contributed by atoms with Crippen LogP contribution < -0.4 is 14.8 Å². The van der Waals surface area contributed by atoms with Gasteiger partial charge in [0.25, 0.3) is 11.8 Å². The second kappa shape index (κ2) is 10.1. The van der Waals surface area contributed by atoms with Gasteiger partial charge in [-0.2, -0.15) is 5.26 Å². The molecule has 0 radical (unpaired) electrons. The molecular weight excluding hydrogens is 500 g/mol. The molecule has 1 amide bonds. The van der Waals surface area contributed by atoms with Gasteiger partial charge in [0.1, 0.15) is 11.3 Å². The van der Waals surface area contributed by atoms with Crippen LogP contribution >= 0.6 is 11.3 Å². The molecule has 1 unspecified atom stereocenters. The van der Waals surface area contributed by atoms with Crippen LogP contribution in [0.5, 0.6) is 17.4 Å². The summed E-state index contributed by atoms with van der Waals surface area (Å²) >= 11 is 1.35. The van der Waals surface area contributed by atoms with Crippen molar-refractivity contribution in [3.63, 3.8) is 0 Å². The molecule has 4 rings (SSSR count). The SMILES string of the molecule is COc1cc(C#N)ccc1Oc1nnc(-c2cncs2)c(C)c1C(=O)Nc1cccc(S(C)(=N)=O)c1. The smallest absolute Gasteiger partial charge is 0.261 e. The van der Waals surface area contributed by atoms with Gasteiger partial charge < -0.3 is 14.8 Å². The maximum atomic E-state index is 13.5. The zero-order valence-corrected chi connectivity index (χ0v) is 21.1. The molecule has 1 atom stereocenters. The zero-order valence-electron chi connectivity index (χ0n) is 19.4. The molecule has 0 spiro atoms. The van der Waals surface area contributed by atoms with Crippen molar-refractivity contribution < 1.29 is 18.5 Å². The maximum Gasteiger partial charge on any atom is 0.261 e. The Bertz CT molecular complexity index is 1600. The lowest BCUT2D eigenvalue weighted by Crippen LogP contribution is -2.17. The molecule has 0 saturated heterocycles. The summed E-state index contributed by atoms with van der Waals surface area (Å²) in [7, 11) is -1.54. The predicted octanol–water partition coefficient (Wildman–Crippen LogP) is 4.87. The van der Waals surface area contributed by atoms with E-state index >= 15 is 0 Å². The molecule has 2 heterocycles. The van der Waals surface area contributed by atoms with Gasteiger partial charge in [0.05, 0.1) is 38.9 Å². The maximum absolute atomic E-state index is 13.5. The number of nitrogens with zero attached hydrogens (tertiary/aromatic N) is 4. The minimum absolute atomic E-state index is 0.0720. The standard InChI is InChI=1S/C24H20N6O4S2/c1-14-21(23(31)28-16-5-4-6-17(10-16)36(3,26)32)24(30-29-22(14)20-12-27-13-35-20)34-18-8-7-15(11-25)9-19(18)33-2/h4-10,12-13,26H,1-3H3,(H,28,31). The van der Waals surface area contributed by atoms with Crippen molar-refractivity contribution in [1.82, 2.24) is 15.2 Å². The molecular formula is C24H20N6O4S2. The van der Waals surface area contributed by atoms with Crippen LogP contribution in [0, 0.1) is 23.0 Å². The molecule has 4 aromatic rings. The number of nitriles is 1. The first-order valence-electron chi connectivity index (χ1n) is 10.4. The molecule has 0 bridgehead atoms. The summed E-state index contributed by atoms with van der Waals surface area (Å²) in [4.78, 5) is 18.6.